The molecule has 0 atom stereocenters. The number of hydrogen-bond donors (Lipinski definition) is 4. The van der Waals surface area contributed by atoms with Crippen LogP contribution in [0.15, 0.2) is 0 Å². The number of nitrogens with one attached hydrogen (secondary N) is 1. The Morgan fingerprint density at radius 3 is 1.71 bits per heavy atom. The van der Waals surface area contributed by atoms with Crippen molar-refractivity contribution < 1.29 is 39.2 Å². The molecule has 0 fully saturated rings. The molecule has 21 heavy (non-hydrogen) atoms. The maximum absolute atomic E-state index is 10.4. The van der Waals surface area contributed by atoms with E-state index in [1.807, 2.05) is 0 Å². The first-order valence-electron chi connectivity index (χ1n) is 6.43. The molecule has 122 valence electrons. The van der Waals surface area contributed by atoms with Crippen molar-refractivity contribution in [3.05, 3.63) is 0 Å². The summed E-state index contributed by atoms with van der Waals surface area (Å²) in [6, 6.07) is 0. The van der Waals surface area contributed by atoms with E-state index in [1.54, 1.807) is 0 Å². The number of carboxylic acids is 3. The van der Waals surface area contributed by atoms with Gasteiger partial charge in [-0.2, -0.15) is 0 Å². The Morgan fingerprint density at radius 2 is 1.33 bits per heavy atom. The van der Waals surface area contributed by atoms with Crippen molar-refractivity contribution in [2.75, 3.05) is 39.5 Å². The minimum absolute atomic E-state index is 0.0554. The topological polar surface area (TPSA) is 142 Å². The highest BCUT2D eigenvalue weighted by Crippen LogP contribution is 2.00. The smallest absolute Gasteiger partial charge is 0.317 e. The summed E-state index contributed by atoms with van der Waals surface area (Å²) >= 11 is 0. The first kappa shape index (κ1) is 19.3. The first-order chi connectivity index (χ1) is 9.91. The molecule has 0 aromatic rings. The number of carbonyl (C=O) groups is 3. The lowest BCUT2D eigenvalue weighted by Gasteiger charge is -2.17. The number of rotatable bonds is 14. The molecule has 0 radical (unpaired) electrons. The lowest BCUT2D eigenvalue weighted by Crippen LogP contribution is -2.33. The average Bonchev–Trinajstić information content (AvgIpc) is 2.37. The van der Waals surface area contributed by atoms with E-state index in [-0.39, 0.29) is 51.7 Å². The molecule has 0 rings (SSSR count). The van der Waals surface area contributed by atoms with Crippen molar-refractivity contribution in [1.29, 1.82) is 0 Å². The van der Waals surface area contributed by atoms with Gasteiger partial charge in [0.2, 0.25) is 0 Å². The van der Waals surface area contributed by atoms with Crippen molar-refractivity contribution >= 4 is 17.9 Å². The van der Waals surface area contributed by atoms with Crippen molar-refractivity contribution in [1.82, 2.24) is 5.32 Å². The molecule has 0 aliphatic carbocycles. The van der Waals surface area contributed by atoms with Crippen LogP contribution in [-0.2, 0) is 23.9 Å². The Kier molecular flexibility index (Phi) is 11.1. The van der Waals surface area contributed by atoms with E-state index >= 15 is 0 Å². The van der Waals surface area contributed by atoms with Crippen LogP contribution < -0.4 is 5.32 Å². The Balaban J connectivity index is 3.92. The Labute approximate surface area is 121 Å². The van der Waals surface area contributed by atoms with Crippen LogP contribution in [0.5, 0.6) is 0 Å². The molecule has 0 bridgehead atoms. The third-order valence-corrected chi connectivity index (χ3v) is 2.34. The summed E-state index contributed by atoms with van der Waals surface area (Å²) in [6.45, 7) is 0.618. The predicted octanol–water partition coefficient (Wildman–Crippen LogP) is -0.741. The van der Waals surface area contributed by atoms with Crippen LogP contribution in [0.1, 0.15) is 12.8 Å². The summed E-state index contributed by atoms with van der Waals surface area (Å²) in [4.78, 5) is 31.1. The molecule has 0 aliphatic rings. The summed E-state index contributed by atoms with van der Waals surface area (Å²) in [5, 5.41) is 28.2. The van der Waals surface area contributed by atoms with Crippen LogP contribution in [0, 0.1) is 5.92 Å². The van der Waals surface area contributed by atoms with Crippen molar-refractivity contribution in [3.8, 4) is 0 Å². The third-order valence-electron chi connectivity index (χ3n) is 2.34. The minimum atomic E-state index is -0.993. The van der Waals surface area contributed by atoms with Crippen LogP contribution in [0.25, 0.3) is 0 Å². The lowest BCUT2D eigenvalue weighted by atomic mass is 10.2. The van der Waals surface area contributed by atoms with E-state index in [0.717, 1.165) is 0 Å². The summed E-state index contributed by atoms with van der Waals surface area (Å²) in [5.41, 5.74) is 0. The highest BCUT2D eigenvalue weighted by molar-refractivity contribution is 5.69. The van der Waals surface area contributed by atoms with Crippen LogP contribution in [0.2, 0.25) is 0 Å². The molecule has 0 aromatic heterocycles. The van der Waals surface area contributed by atoms with E-state index < -0.39 is 17.9 Å². The normalized spacial score (nSPS) is 10.7. The summed E-state index contributed by atoms with van der Waals surface area (Å²) < 4.78 is 10.4. The predicted molar refractivity (Wildman–Crippen MR) is 70.1 cm³/mol. The quantitative estimate of drug-likeness (QED) is 0.305. The van der Waals surface area contributed by atoms with Crippen LogP contribution in [-0.4, -0.2) is 72.7 Å². The molecule has 9 heteroatoms. The number of hydrogen-bond acceptors (Lipinski definition) is 6. The van der Waals surface area contributed by atoms with Crippen LogP contribution >= 0.6 is 0 Å². The highest BCUT2D eigenvalue weighted by atomic mass is 16.5. The molecule has 0 saturated carbocycles. The van der Waals surface area contributed by atoms with Crippen molar-refractivity contribution in [2.24, 2.45) is 5.92 Å². The maximum Gasteiger partial charge on any atom is 0.317 e. The van der Waals surface area contributed by atoms with Crippen LogP contribution in [0.4, 0.5) is 0 Å². The van der Waals surface area contributed by atoms with Gasteiger partial charge in [-0.3, -0.25) is 14.4 Å². The van der Waals surface area contributed by atoms with Gasteiger partial charge in [0, 0.05) is 12.5 Å². The van der Waals surface area contributed by atoms with Crippen molar-refractivity contribution in [2.45, 2.75) is 12.8 Å². The van der Waals surface area contributed by atoms with Gasteiger partial charge in [-0.15, -0.1) is 0 Å². The first-order valence-corrected chi connectivity index (χ1v) is 6.43. The zero-order valence-electron chi connectivity index (χ0n) is 11.6. The fourth-order valence-electron chi connectivity index (χ4n) is 1.37. The van der Waals surface area contributed by atoms with Gasteiger partial charge in [0.05, 0.1) is 45.8 Å². The second kappa shape index (κ2) is 12.1. The summed E-state index contributed by atoms with van der Waals surface area (Å²) in [6.07, 6.45) is -0.232. The van der Waals surface area contributed by atoms with Gasteiger partial charge in [-0.1, -0.05) is 0 Å². The van der Waals surface area contributed by atoms with E-state index in [9.17, 15) is 14.4 Å². The number of aliphatic carboxylic acids is 3. The molecule has 0 amide bonds. The molecule has 4 N–H and O–H groups in total. The SMILES string of the molecule is O=C(O)CCOCC(CNCC(=O)O)COCCC(=O)O. The number of carboxylic acid groups (broad SMARTS) is 3. The van der Waals surface area contributed by atoms with Gasteiger partial charge in [-0.25, -0.2) is 0 Å². The van der Waals surface area contributed by atoms with Gasteiger partial charge in [0.25, 0.3) is 0 Å². The van der Waals surface area contributed by atoms with Gasteiger partial charge in [-0.05, 0) is 0 Å². The molecular weight excluding hydrogens is 286 g/mol. The van der Waals surface area contributed by atoms with E-state index in [1.165, 1.54) is 0 Å². The standard InChI is InChI=1S/C12H21NO8/c14-10(15)1-3-20-7-9(5-13-6-12(18)19)8-21-4-2-11(16)17/h9,13H,1-8H2,(H,14,15)(H,16,17)(H,18,19). The van der Waals surface area contributed by atoms with E-state index in [2.05, 4.69) is 5.32 Å². The highest BCUT2D eigenvalue weighted by Gasteiger charge is 2.11. The lowest BCUT2D eigenvalue weighted by molar-refractivity contribution is -0.139. The maximum atomic E-state index is 10.4. The summed E-state index contributed by atoms with van der Waals surface area (Å²) in [5.74, 6) is -3.11. The van der Waals surface area contributed by atoms with Gasteiger partial charge in [0.15, 0.2) is 0 Å². The zero-order valence-corrected chi connectivity index (χ0v) is 11.6. The molecule has 0 heterocycles. The van der Waals surface area contributed by atoms with Gasteiger partial charge >= 0.3 is 17.9 Å². The Bertz CT molecular complexity index is 311. The molecular formula is C12H21NO8. The van der Waals surface area contributed by atoms with Crippen LogP contribution in [0.3, 0.4) is 0 Å². The fourth-order valence-corrected chi connectivity index (χ4v) is 1.37. The minimum Gasteiger partial charge on any atom is -0.481 e. The molecule has 0 saturated heterocycles. The second-order valence-electron chi connectivity index (χ2n) is 4.33. The van der Waals surface area contributed by atoms with E-state index in [4.69, 9.17) is 24.8 Å². The van der Waals surface area contributed by atoms with Gasteiger partial charge in [0.1, 0.15) is 0 Å². The molecule has 0 spiro atoms. The second-order valence-corrected chi connectivity index (χ2v) is 4.33. The zero-order chi connectivity index (χ0) is 16.1. The molecule has 0 aliphatic heterocycles. The third kappa shape index (κ3) is 14.5. The monoisotopic (exact) mass is 307 g/mol. The molecule has 9 nitrogen and oxygen atoms in total. The van der Waals surface area contributed by atoms with E-state index in [0.29, 0.717) is 6.54 Å². The number of ether oxygens (including phenoxy) is 2. The summed E-state index contributed by atoms with van der Waals surface area (Å²) in [7, 11) is 0. The fraction of sp³-hybridized carbons (Fsp3) is 0.750. The largest absolute Gasteiger partial charge is 0.481 e. The Hall–Kier alpha value is -1.71. The Morgan fingerprint density at radius 1 is 0.857 bits per heavy atom. The molecule has 0 unspecified atom stereocenters. The van der Waals surface area contributed by atoms with Crippen molar-refractivity contribution in [3.63, 3.8) is 0 Å². The van der Waals surface area contributed by atoms with Gasteiger partial charge < -0.3 is 30.1 Å². The molecule has 0 aromatic carbocycles. The average molecular weight is 307 g/mol.